The fraction of sp³-hybridized carbons (Fsp3) is 0.136. The van der Waals surface area contributed by atoms with E-state index in [0.29, 0.717) is 11.2 Å². The molecule has 0 saturated carbocycles. The Balaban J connectivity index is 1.80. The Morgan fingerprint density at radius 1 is 1.07 bits per heavy atom. The Morgan fingerprint density at radius 3 is 2.46 bits per heavy atom. The van der Waals surface area contributed by atoms with Crippen molar-refractivity contribution in [3.8, 4) is 11.3 Å². The lowest BCUT2D eigenvalue weighted by Gasteiger charge is -2.10. The number of anilines is 1. The van der Waals surface area contributed by atoms with Crippen molar-refractivity contribution in [1.82, 2.24) is 14.8 Å². The van der Waals surface area contributed by atoms with Crippen molar-refractivity contribution in [3.63, 3.8) is 0 Å². The fourth-order valence-corrected chi connectivity index (χ4v) is 3.66. The van der Waals surface area contributed by atoms with Gasteiger partial charge in [-0.1, -0.05) is 30.3 Å². The quantitative estimate of drug-likeness (QED) is 0.504. The predicted molar refractivity (Wildman–Crippen MR) is 115 cm³/mol. The van der Waals surface area contributed by atoms with Crippen LogP contribution in [-0.2, 0) is 7.05 Å². The maximum absolute atomic E-state index is 13.1. The first-order valence-electron chi connectivity index (χ1n) is 8.92. The van der Waals surface area contributed by atoms with Crippen LogP contribution in [0, 0.1) is 6.92 Å². The molecule has 0 saturated heterocycles. The number of hydrogen-bond acceptors (Lipinski definition) is 4. The normalized spacial score (nSPS) is 11.0. The number of hydrogen-bond donors (Lipinski definition) is 1. The number of carbonyl (C=O) groups excluding carboxylic acids is 1. The number of amides is 1. The number of benzene rings is 2. The zero-order chi connectivity index (χ0) is 19.7. The van der Waals surface area contributed by atoms with Crippen molar-refractivity contribution in [2.24, 2.45) is 7.05 Å². The zero-order valence-electron chi connectivity index (χ0n) is 15.9. The molecule has 0 spiro atoms. The van der Waals surface area contributed by atoms with E-state index in [1.165, 1.54) is 0 Å². The topological polar surface area (TPSA) is 59.8 Å². The molecule has 2 heterocycles. The van der Waals surface area contributed by atoms with E-state index in [2.05, 4.69) is 10.4 Å². The van der Waals surface area contributed by atoms with Gasteiger partial charge in [0.05, 0.1) is 22.3 Å². The molecular formula is C22H20N4OS. The first kappa shape index (κ1) is 18.3. The van der Waals surface area contributed by atoms with Crippen LogP contribution in [0.5, 0.6) is 0 Å². The molecule has 0 bridgehead atoms. The third-order valence-electron chi connectivity index (χ3n) is 4.63. The minimum atomic E-state index is -0.169. The summed E-state index contributed by atoms with van der Waals surface area (Å²) in [7, 11) is 1.85. The van der Waals surface area contributed by atoms with Crippen LogP contribution >= 0.6 is 11.8 Å². The number of rotatable bonds is 4. The maximum Gasteiger partial charge on any atom is 0.256 e. The molecule has 6 heteroatoms. The number of thioether (sulfide) groups is 1. The van der Waals surface area contributed by atoms with E-state index < -0.39 is 0 Å². The molecule has 0 aliphatic carbocycles. The summed E-state index contributed by atoms with van der Waals surface area (Å²) in [5.41, 5.74) is 4.52. The van der Waals surface area contributed by atoms with Gasteiger partial charge in [-0.25, -0.2) is 4.98 Å². The van der Waals surface area contributed by atoms with Crippen molar-refractivity contribution in [2.75, 3.05) is 11.6 Å². The van der Waals surface area contributed by atoms with Crippen LogP contribution in [0.25, 0.3) is 22.3 Å². The van der Waals surface area contributed by atoms with Crippen LogP contribution in [0.3, 0.4) is 0 Å². The summed E-state index contributed by atoms with van der Waals surface area (Å²) in [6.45, 7) is 1.90. The van der Waals surface area contributed by atoms with E-state index in [4.69, 9.17) is 4.98 Å². The fourth-order valence-electron chi connectivity index (χ4n) is 3.25. The highest BCUT2D eigenvalue weighted by molar-refractivity contribution is 7.98. The van der Waals surface area contributed by atoms with Gasteiger partial charge in [0.25, 0.3) is 5.91 Å². The van der Waals surface area contributed by atoms with Crippen molar-refractivity contribution in [3.05, 3.63) is 71.9 Å². The molecule has 0 atom stereocenters. The van der Waals surface area contributed by atoms with E-state index in [1.807, 2.05) is 80.9 Å². The Bertz CT molecular complexity index is 1150. The molecule has 28 heavy (non-hydrogen) atoms. The molecular weight excluding hydrogens is 368 g/mol. The molecule has 1 N–H and O–H groups in total. The molecule has 0 fully saturated rings. The van der Waals surface area contributed by atoms with Gasteiger partial charge in [-0.15, -0.1) is 11.8 Å². The summed E-state index contributed by atoms with van der Waals surface area (Å²) >= 11 is 1.67. The average Bonchev–Trinajstić information content (AvgIpc) is 3.02. The van der Waals surface area contributed by atoms with Crippen LogP contribution in [-0.4, -0.2) is 26.9 Å². The number of carbonyl (C=O) groups is 1. The van der Waals surface area contributed by atoms with Crippen molar-refractivity contribution >= 4 is 34.4 Å². The molecule has 4 rings (SSSR count). The van der Waals surface area contributed by atoms with Gasteiger partial charge < -0.3 is 5.32 Å². The lowest BCUT2D eigenvalue weighted by atomic mass is 10.0. The lowest BCUT2D eigenvalue weighted by molar-refractivity contribution is 0.102. The van der Waals surface area contributed by atoms with E-state index in [-0.39, 0.29) is 5.91 Å². The third-order valence-corrected chi connectivity index (χ3v) is 5.37. The Morgan fingerprint density at radius 2 is 1.79 bits per heavy atom. The molecule has 2 aromatic carbocycles. The zero-order valence-corrected chi connectivity index (χ0v) is 16.7. The first-order chi connectivity index (χ1) is 13.6. The standard InChI is InChI=1S/C22H20N4OS/c1-14-20-18(22(27)23-16-9-11-17(28-3)12-10-16)13-19(15-7-5-4-6-8-15)24-21(20)26(2)25-14/h4-13H,1-3H3,(H,23,27). The second kappa shape index (κ2) is 7.48. The summed E-state index contributed by atoms with van der Waals surface area (Å²) in [6.07, 6.45) is 2.03. The van der Waals surface area contributed by atoms with Gasteiger partial charge in [-0.2, -0.15) is 5.10 Å². The van der Waals surface area contributed by atoms with Gasteiger partial charge in [0, 0.05) is 23.2 Å². The molecule has 1 amide bonds. The van der Waals surface area contributed by atoms with Gasteiger partial charge in [-0.3, -0.25) is 9.48 Å². The van der Waals surface area contributed by atoms with Gasteiger partial charge in [0.15, 0.2) is 5.65 Å². The Hall–Kier alpha value is -3.12. The number of nitrogens with zero attached hydrogens (tertiary/aromatic N) is 3. The van der Waals surface area contributed by atoms with E-state index >= 15 is 0 Å². The smallest absolute Gasteiger partial charge is 0.256 e. The number of aryl methyl sites for hydroxylation is 2. The average molecular weight is 388 g/mol. The molecule has 4 aromatic rings. The van der Waals surface area contributed by atoms with Crippen LogP contribution in [0.15, 0.2) is 65.6 Å². The van der Waals surface area contributed by atoms with Crippen LogP contribution in [0.2, 0.25) is 0 Å². The molecule has 5 nitrogen and oxygen atoms in total. The van der Waals surface area contributed by atoms with E-state index in [0.717, 1.165) is 32.9 Å². The SMILES string of the molecule is CSc1ccc(NC(=O)c2cc(-c3ccccc3)nc3c2c(C)nn3C)cc1. The van der Waals surface area contributed by atoms with Crippen molar-refractivity contribution in [1.29, 1.82) is 0 Å². The highest BCUT2D eigenvalue weighted by Crippen LogP contribution is 2.27. The highest BCUT2D eigenvalue weighted by Gasteiger charge is 2.19. The van der Waals surface area contributed by atoms with Gasteiger partial charge in [0.2, 0.25) is 0 Å². The second-order valence-electron chi connectivity index (χ2n) is 6.51. The predicted octanol–water partition coefficient (Wildman–Crippen LogP) is 4.92. The first-order valence-corrected chi connectivity index (χ1v) is 10.1. The third kappa shape index (κ3) is 3.39. The Kier molecular flexibility index (Phi) is 4.88. The summed E-state index contributed by atoms with van der Waals surface area (Å²) in [6, 6.07) is 19.5. The largest absolute Gasteiger partial charge is 0.322 e. The molecule has 0 unspecified atom stereocenters. The summed E-state index contributed by atoms with van der Waals surface area (Å²) in [5, 5.41) is 8.25. The molecule has 0 aliphatic rings. The summed E-state index contributed by atoms with van der Waals surface area (Å²) in [5.74, 6) is -0.169. The van der Waals surface area contributed by atoms with Crippen molar-refractivity contribution < 1.29 is 4.79 Å². The van der Waals surface area contributed by atoms with Crippen molar-refractivity contribution in [2.45, 2.75) is 11.8 Å². The minimum Gasteiger partial charge on any atom is -0.322 e. The molecule has 2 aromatic heterocycles. The maximum atomic E-state index is 13.1. The highest BCUT2D eigenvalue weighted by atomic mass is 32.2. The van der Waals surface area contributed by atoms with E-state index in [1.54, 1.807) is 16.4 Å². The Labute approximate surface area is 167 Å². The summed E-state index contributed by atoms with van der Waals surface area (Å²) < 4.78 is 1.72. The minimum absolute atomic E-state index is 0.169. The lowest BCUT2D eigenvalue weighted by Crippen LogP contribution is -2.13. The number of nitrogens with one attached hydrogen (secondary N) is 1. The molecule has 140 valence electrons. The van der Waals surface area contributed by atoms with Crippen LogP contribution < -0.4 is 5.32 Å². The molecule has 0 aliphatic heterocycles. The van der Waals surface area contributed by atoms with Gasteiger partial charge in [0.1, 0.15) is 0 Å². The number of pyridine rings is 1. The van der Waals surface area contributed by atoms with E-state index in [9.17, 15) is 4.79 Å². The van der Waals surface area contributed by atoms with Crippen LogP contribution in [0.1, 0.15) is 16.1 Å². The van der Waals surface area contributed by atoms with Crippen LogP contribution in [0.4, 0.5) is 5.69 Å². The van der Waals surface area contributed by atoms with Gasteiger partial charge in [-0.05, 0) is 43.5 Å². The van der Waals surface area contributed by atoms with Gasteiger partial charge >= 0.3 is 0 Å². The monoisotopic (exact) mass is 388 g/mol. The number of aromatic nitrogens is 3. The number of fused-ring (bicyclic) bond motifs is 1. The summed E-state index contributed by atoms with van der Waals surface area (Å²) in [4.78, 5) is 19.1. The second-order valence-corrected chi connectivity index (χ2v) is 7.39. The molecule has 0 radical (unpaired) electrons.